The van der Waals surface area contributed by atoms with Gasteiger partial charge in [-0.15, -0.1) is 5.10 Å². The number of anilines is 1. The molecule has 1 amide bonds. The second kappa shape index (κ2) is 10.7. The molecule has 1 heterocycles. The van der Waals surface area contributed by atoms with Crippen molar-refractivity contribution in [3.05, 3.63) is 71.0 Å². The third kappa shape index (κ3) is 5.91. The predicted octanol–water partition coefficient (Wildman–Crippen LogP) is 4.41. The van der Waals surface area contributed by atoms with Gasteiger partial charge < -0.3 is 10.1 Å². The molecule has 2 aromatic carbocycles. The maximum absolute atomic E-state index is 12.9. The number of aryl methyl sites for hydroxylation is 1. The number of carbonyl (C=O) groups excluding carboxylic acids is 2. The number of aromatic nitrogens is 4. The quantitative estimate of drug-likeness (QED) is 0.406. The normalized spacial score (nSPS) is 11.7. The summed E-state index contributed by atoms with van der Waals surface area (Å²) in [6.45, 7) is 9.54. The van der Waals surface area contributed by atoms with E-state index in [-0.39, 0.29) is 17.5 Å². The smallest absolute Gasteiger partial charge is 0.357 e. The van der Waals surface area contributed by atoms with Crippen LogP contribution in [0.1, 0.15) is 62.0 Å². The van der Waals surface area contributed by atoms with E-state index >= 15 is 0 Å². The first kappa shape index (κ1) is 23.8. The fraction of sp³-hybridized carbons (Fsp3) is 0.320. The molecule has 1 aromatic heterocycles. The van der Waals surface area contributed by atoms with Gasteiger partial charge in [-0.1, -0.05) is 76.2 Å². The van der Waals surface area contributed by atoms with Gasteiger partial charge >= 0.3 is 5.97 Å². The molecule has 0 saturated heterocycles. The first-order valence-electron chi connectivity index (χ1n) is 10.9. The van der Waals surface area contributed by atoms with E-state index in [2.05, 4.69) is 48.5 Å². The fourth-order valence-corrected chi connectivity index (χ4v) is 3.44. The molecule has 3 aromatic rings. The van der Waals surface area contributed by atoms with Gasteiger partial charge in [0.25, 0.3) is 5.91 Å². The fourth-order valence-electron chi connectivity index (χ4n) is 3.44. The Balaban J connectivity index is 1.79. The summed E-state index contributed by atoms with van der Waals surface area (Å²) in [4.78, 5) is 25.7. The Morgan fingerprint density at radius 2 is 1.64 bits per heavy atom. The molecule has 0 saturated carbocycles. The lowest BCUT2D eigenvalue weighted by Gasteiger charge is -2.20. The van der Waals surface area contributed by atoms with Gasteiger partial charge in [0, 0.05) is 5.69 Å². The number of tetrazole rings is 1. The summed E-state index contributed by atoms with van der Waals surface area (Å²) in [6.07, 6.45) is 1.62. The number of nitrogens with zero attached hydrogens (tertiary/aromatic N) is 4. The van der Waals surface area contributed by atoms with Gasteiger partial charge in [-0.3, -0.25) is 4.79 Å². The van der Waals surface area contributed by atoms with Gasteiger partial charge in [0.2, 0.25) is 0 Å². The Hall–Kier alpha value is -3.81. The van der Waals surface area contributed by atoms with Crippen LogP contribution < -0.4 is 5.32 Å². The summed E-state index contributed by atoms with van der Waals surface area (Å²) >= 11 is 0. The van der Waals surface area contributed by atoms with Crippen LogP contribution in [-0.2, 0) is 14.3 Å². The zero-order valence-corrected chi connectivity index (χ0v) is 19.6. The van der Waals surface area contributed by atoms with Gasteiger partial charge in [-0.05, 0) is 52.0 Å². The van der Waals surface area contributed by atoms with Crippen LogP contribution in [0.5, 0.6) is 0 Å². The van der Waals surface area contributed by atoms with E-state index in [1.54, 1.807) is 13.0 Å². The van der Waals surface area contributed by atoms with E-state index < -0.39 is 18.5 Å². The number of nitrogens with one attached hydrogen (secondary N) is 1. The molecule has 0 radical (unpaired) electrons. The van der Waals surface area contributed by atoms with E-state index in [4.69, 9.17) is 4.74 Å². The van der Waals surface area contributed by atoms with Crippen molar-refractivity contribution in [3.8, 4) is 0 Å². The van der Waals surface area contributed by atoms with Gasteiger partial charge in [-0.2, -0.15) is 4.68 Å². The Kier molecular flexibility index (Phi) is 7.71. The number of amides is 1. The largest absolute Gasteiger partial charge is 0.451 e. The standard InChI is InChI=1S/C25H29N5O3/c1-16(2)20-12-9-13-21(17(3)4)24(20)26-23(31)15-33-25(32)22(30-18(5)27-28-29-30)14-19-10-7-6-8-11-19/h6-14,16-17H,15H2,1-5H3,(H,26,31)/b22-14-. The summed E-state index contributed by atoms with van der Waals surface area (Å²) in [5, 5.41) is 14.3. The second-order valence-electron chi connectivity index (χ2n) is 8.32. The molecule has 0 aliphatic rings. The van der Waals surface area contributed by atoms with Crippen LogP contribution in [0.15, 0.2) is 48.5 Å². The summed E-state index contributed by atoms with van der Waals surface area (Å²) in [5.41, 5.74) is 3.74. The number of esters is 1. The first-order chi connectivity index (χ1) is 15.8. The van der Waals surface area contributed by atoms with Gasteiger partial charge in [0.15, 0.2) is 18.1 Å². The lowest BCUT2D eigenvalue weighted by atomic mass is 9.92. The minimum absolute atomic E-state index is 0.113. The highest BCUT2D eigenvalue weighted by atomic mass is 16.5. The highest BCUT2D eigenvalue weighted by Crippen LogP contribution is 2.32. The summed E-state index contributed by atoms with van der Waals surface area (Å²) < 4.78 is 6.64. The molecule has 8 nitrogen and oxygen atoms in total. The summed E-state index contributed by atoms with van der Waals surface area (Å²) in [6, 6.07) is 15.3. The van der Waals surface area contributed by atoms with Crippen molar-refractivity contribution in [2.45, 2.75) is 46.5 Å². The molecule has 3 rings (SSSR count). The van der Waals surface area contributed by atoms with Crippen molar-refractivity contribution in [1.82, 2.24) is 20.2 Å². The highest BCUT2D eigenvalue weighted by molar-refractivity contribution is 6.15. The molecule has 0 aliphatic heterocycles. The molecule has 172 valence electrons. The lowest BCUT2D eigenvalue weighted by molar-refractivity contribution is -0.141. The third-order valence-corrected chi connectivity index (χ3v) is 5.14. The maximum atomic E-state index is 12.9. The van der Waals surface area contributed by atoms with E-state index in [0.29, 0.717) is 5.82 Å². The van der Waals surface area contributed by atoms with Crippen LogP contribution in [0, 0.1) is 6.92 Å². The van der Waals surface area contributed by atoms with E-state index in [9.17, 15) is 9.59 Å². The molecule has 0 unspecified atom stereocenters. The number of carbonyl (C=O) groups is 2. The molecular weight excluding hydrogens is 418 g/mol. The first-order valence-corrected chi connectivity index (χ1v) is 10.9. The maximum Gasteiger partial charge on any atom is 0.357 e. The lowest BCUT2D eigenvalue weighted by Crippen LogP contribution is -2.24. The summed E-state index contributed by atoms with van der Waals surface area (Å²) in [7, 11) is 0. The molecule has 0 fully saturated rings. The molecular formula is C25H29N5O3. The number of hydrogen-bond donors (Lipinski definition) is 1. The summed E-state index contributed by atoms with van der Waals surface area (Å²) in [5.74, 6) is -0.239. The monoisotopic (exact) mass is 447 g/mol. The molecule has 0 spiro atoms. The SMILES string of the molecule is Cc1nnnn1/C(=C\c1ccccc1)C(=O)OCC(=O)Nc1c(C(C)C)cccc1C(C)C. The van der Waals surface area contributed by atoms with Crippen LogP contribution in [0.3, 0.4) is 0 Å². The van der Waals surface area contributed by atoms with E-state index in [1.165, 1.54) is 4.68 Å². The van der Waals surface area contributed by atoms with Crippen LogP contribution in [-0.4, -0.2) is 38.7 Å². The minimum atomic E-state index is -0.703. The highest BCUT2D eigenvalue weighted by Gasteiger charge is 2.20. The van der Waals surface area contributed by atoms with Crippen LogP contribution in [0.2, 0.25) is 0 Å². The molecule has 0 aliphatic carbocycles. The second-order valence-corrected chi connectivity index (χ2v) is 8.32. The average Bonchev–Trinajstić information content (AvgIpc) is 3.21. The average molecular weight is 448 g/mol. The number of para-hydroxylation sites is 1. The predicted molar refractivity (Wildman–Crippen MR) is 127 cm³/mol. The molecule has 33 heavy (non-hydrogen) atoms. The zero-order valence-electron chi connectivity index (χ0n) is 19.6. The molecule has 8 heteroatoms. The molecule has 1 N–H and O–H groups in total. The van der Waals surface area contributed by atoms with Crippen molar-refractivity contribution in [3.63, 3.8) is 0 Å². The van der Waals surface area contributed by atoms with Gasteiger partial charge in [0.1, 0.15) is 0 Å². The number of ether oxygens (including phenoxy) is 1. The number of benzene rings is 2. The van der Waals surface area contributed by atoms with Crippen molar-refractivity contribution < 1.29 is 14.3 Å². The molecule has 0 bridgehead atoms. The Bertz CT molecular complexity index is 1120. The Morgan fingerprint density at radius 1 is 1.00 bits per heavy atom. The Morgan fingerprint density at radius 3 is 2.18 bits per heavy atom. The zero-order chi connectivity index (χ0) is 24.0. The van der Waals surface area contributed by atoms with Gasteiger partial charge in [0.05, 0.1) is 0 Å². The topological polar surface area (TPSA) is 99.0 Å². The van der Waals surface area contributed by atoms with Crippen LogP contribution in [0.25, 0.3) is 11.8 Å². The molecule has 0 atom stereocenters. The number of hydrogen-bond acceptors (Lipinski definition) is 6. The number of rotatable bonds is 8. The van der Waals surface area contributed by atoms with Crippen molar-refractivity contribution >= 4 is 29.3 Å². The third-order valence-electron chi connectivity index (χ3n) is 5.14. The Labute approximate surface area is 193 Å². The minimum Gasteiger partial charge on any atom is -0.451 e. The van der Waals surface area contributed by atoms with E-state index in [0.717, 1.165) is 22.4 Å². The van der Waals surface area contributed by atoms with Gasteiger partial charge in [-0.25, -0.2) is 4.79 Å². The van der Waals surface area contributed by atoms with Crippen molar-refractivity contribution in [2.24, 2.45) is 0 Å². The van der Waals surface area contributed by atoms with Crippen molar-refractivity contribution in [1.29, 1.82) is 0 Å². The van der Waals surface area contributed by atoms with E-state index in [1.807, 2.05) is 48.5 Å². The van der Waals surface area contributed by atoms with Crippen LogP contribution >= 0.6 is 0 Å². The van der Waals surface area contributed by atoms with Crippen molar-refractivity contribution in [2.75, 3.05) is 11.9 Å². The van der Waals surface area contributed by atoms with Crippen LogP contribution in [0.4, 0.5) is 5.69 Å².